The van der Waals surface area contributed by atoms with Gasteiger partial charge < -0.3 is 11.1 Å². The van der Waals surface area contributed by atoms with Crippen LogP contribution in [0.15, 0.2) is 18.5 Å². The number of anilines is 1. The fourth-order valence-electron chi connectivity index (χ4n) is 1.29. The second kappa shape index (κ2) is 5.92. The lowest BCUT2D eigenvalue weighted by Gasteiger charge is -2.12. The Labute approximate surface area is 107 Å². The number of nitrogens with two attached hydrogens (primary N) is 1. The summed E-state index contributed by atoms with van der Waals surface area (Å²) in [6.45, 7) is 1.83. The average molecular weight is 271 g/mol. The number of hydrogen-bond donors (Lipinski definition) is 2. The summed E-state index contributed by atoms with van der Waals surface area (Å²) in [6, 6.07) is 0.914. The van der Waals surface area contributed by atoms with E-state index in [9.17, 15) is 13.2 Å². The Morgan fingerprint density at radius 2 is 2.22 bits per heavy atom. The van der Waals surface area contributed by atoms with Crippen LogP contribution in [-0.4, -0.2) is 37.4 Å². The molecule has 6 nitrogen and oxygen atoms in total. The van der Waals surface area contributed by atoms with Crippen LogP contribution < -0.4 is 11.1 Å². The SMILES string of the molecule is Cc1ccncc1NC(=O)C(N)CCS(C)(=O)=O. The maximum Gasteiger partial charge on any atom is 0.241 e. The highest BCUT2D eigenvalue weighted by Crippen LogP contribution is 2.11. The lowest BCUT2D eigenvalue weighted by molar-refractivity contribution is -0.117. The summed E-state index contributed by atoms with van der Waals surface area (Å²) in [5.74, 6) is -0.511. The quantitative estimate of drug-likeness (QED) is 0.790. The van der Waals surface area contributed by atoms with E-state index in [0.717, 1.165) is 11.8 Å². The molecule has 0 aromatic carbocycles. The van der Waals surface area contributed by atoms with Crippen LogP contribution in [-0.2, 0) is 14.6 Å². The van der Waals surface area contributed by atoms with E-state index in [4.69, 9.17) is 5.73 Å². The minimum atomic E-state index is -3.11. The van der Waals surface area contributed by atoms with Gasteiger partial charge in [-0.1, -0.05) is 0 Å². The van der Waals surface area contributed by atoms with Crippen molar-refractivity contribution >= 4 is 21.4 Å². The van der Waals surface area contributed by atoms with E-state index in [1.807, 2.05) is 6.92 Å². The zero-order valence-corrected chi connectivity index (χ0v) is 11.2. The molecule has 1 unspecified atom stereocenters. The summed E-state index contributed by atoms with van der Waals surface area (Å²) >= 11 is 0. The van der Waals surface area contributed by atoms with E-state index in [-0.39, 0.29) is 12.2 Å². The monoisotopic (exact) mass is 271 g/mol. The van der Waals surface area contributed by atoms with Gasteiger partial charge in [-0.3, -0.25) is 9.78 Å². The maximum absolute atomic E-state index is 11.7. The van der Waals surface area contributed by atoms with Crippen LogP contribution in [0.5, 0.6) is 0 Å². The Morgan fingerprint density at radius 1 is 1.56 bits per heavy atom. The van der Waals surface area contributed by atoms with Crippen molar-refractivity contribution in [3.63, 3.8) is 0 Å². The average Bonchev–Trinajstić information content (AvgIpc) is 2.28. The topological polar surface area (TPSA) is 102 Å². The van der Waals surface area contributed by atoms with Crippen molar-refractivity contribution in [2.45, 2.75) is 19.4 Å². The van der Waals surface area contributed by atoms with Gasteiger partial charge in [0, 0.05) is 12.5 Å². The highest BCUT2D eigenvalue weighted by Gasteiger charge is 2.16. The minimum Gasteiger partial charge on any atom is -0.323 e. The van der Waals surface area contributed by atoms with Gasteiger partial charge in [0.25, 0.3) is 0 Å². The first-order valence-corrected chi connectivity index (χ1v) is 7.50. The van der Waals surface area contributed by atoms with E-state index in [0.29, 0.717) is 5.69 Å². The van der Waals surface area contributed by atoms with Crippen molar-refractivity contribution in [2.24, 2.45) is 5.73 Å². The van der Waals surface area contributed by atoms with Crippen molar-refractivity contribution in [3.05, 3.63) is 24.0 Å². The fourth-order valence-corrected chi connectivity index (χ4v) is 1.97. The number of aromatic nitrogens is 1. The number of carbonyl (C=O) groups is 1. The summed E-state index contributed by atoms with van der Waals surface area (Å²) < 4.78 is 21.9. The van der Waals surface area contributed by atoms with Gasteiger partial charge in [0.1, 0.15) is 9.84 Å². The van der Waals surface area contributed by atoms with Gasteiger partial charge in [-0.2, -0.15) is 0 Å². The number of pyridine rings is 1. The van der Waals surface area contributed by atoms with Crippen LogP contribution in [0, 0.1) is 6.92 Å². The molecule has 100 valence electrons. The molecule has 0 fully saturated rings. The molecule has 0 aliphatic heterocycles. The van der Waals surface area contributed by atoms with Gasteiger partial charge in [-0.05, 0) is 25.0 Å². The number of aryl methyl sites for hydroxylation is 1. The third-order valence-electron chi connectivity index (χ3n) is 2.43. The molecule has 0 radical (unpaired) electrons. The third kappa shape index (κ3) is 4.80. The van der Waals surface area contributed by atoms with Gasteiger partial charge >= 0.3 is 0 Å². The molecule has 7 heteroatoms. The summed E-state index contributed by atoms with van der Waals surface area (Å²) in [5.41, 5.74) is 7.08. The smallest absolute Gasteiger partial charge is 0.241 e. The lowest BCUT2D eigenvalue weighted by atomic mass is 10.2. The molecule has 0 saturated heterocycles. The molecule has 1 amide bonds. The second-order valence-electron chi connectivity index (χ2n) is 4.20. The molecule has 1 aromatic heterocycles. The first-order valence-electron chi connectivity index (χ1n) is 5.44. The van der Waals surface area contributed by atoms with Gasteiger partial charge in [0.2, 0.25) is 5.91 Å². The Balaban J connectivity index is 2.58. The molecule has 0 spiro atoms. The van der Waals surface area contributed by atoms with Crippen LogP contribution in [0.3, 0.4) is 0 Å². The molecule has 0 bridgehead atoms. The molecule has 0 saturated carbocycles. The summed E-state index contributed by atoms with van der Waals surface area (Å²) in [4.78, 5) is 15.6. The van der Waals surface area contributed by atoms with E-state index in [2.05, 4.69) is 10.3 Å². The predicted molar refractivity (Wildman–Crippen MR) is 69.9 cm³/mol. The van der Waals surface area contributed by atoms with Crippen LogP contribution in [0.25, 0.3) is 0 Å². The normalized spacial score (nSPS) is 13.1. The number of nitrogens with one attached hydrogen (secondary N) is 1. The Kier molecular flexibility index (Phi) is 4.80. The van der Waals surface area contributed by atoms with Crippen LogP contribution in [0.4, 0.5) is 5.69 Å². The second-order valence-corrected chi connectivity index (χ2v) is 6.46. The number of amides is 1. The number of nitrogens with zero attached hydrogens (tertiary/aromatic N) is 1. The standard InChI is InChI=1S/C11H17N3O3S/c1-8-3-5-13-7-10(8)14-11(15)9(12)4-6-18(2,16)17/h3,5,7,9H,4,6,12H2,1-2H3,(H,14,15). The van der Waals surface area contributed by atoms with E-state index in [1.165, 1.54) is 6.20 Å². The number of rotatable bonds is 5. The molecular formula is C11H17N3O3S. The Hall–Kier alpha value is -1.47. The molecular weight excluding hydrogens is 254 g/mol. The van der Waals surface area contributed by atoms with E-state index in [1.54, 1.807) is 12.3 Å². The Bertz CT molecular complexity index is 528. The third-order valence-corrected chi connectivity index (χ3v) is 3.41. The number of carbonyl (C=O) groups excluding carboxylic acids is 1. The molecule has 18 heavy (non-hydrogen) atoms. The molecule has 0 aliphatic carbocycles. The highest BCUT2D eigenvalue weighted by atomic mass is 32.2. The van der Waals surface area contributed by atoms with Crippen molar-refractivity contribution < 1.29 is 13.2 Å². The van der Waals surface area contributed by atoms with Crippen LogP contribution in [0.2, 0.25) is 0 Å². The molecule has 1 atom stereocenters. The fraction of sp³-hybridized carbons (Fsp3) is 0.455. The Morgan fingerprint density at radius 3 is 2.78 bits per heavy atom. The summed E-state index contributed by atoms with van der Waals surface area (Å²) in [5, 5.41) is 2.62. The van der Waals surface area contributed by atoms with Crippen molar-refractivity contribution in [3.8, 4) is 0 Å². The number of hydrogen-bond acceptors (Lipinski definition) is 5. The van der Waals surface area contributed by atoms with Crippen LogP contribution in [0.1, 0.15) is 12.0 Å². The first kappa shape index (κ1) is 14.6. The maximum atomic E-state index is 11.7. The minimum absolute atomic E-state index is 0.101. The van der Waals surface area contributed by atoms with Gasteiger partial charge in [-0.15, -0.1) is 0 Å². The first-order chi connectivity index (χ1) is 8.29. The highest BCUT2D eigenvalue weighted by molar-refractivity contribution is 7.90. The lowest BCUT2D eigenvalue weighted by Crippen LogP contribution is -2.37. The van der Waals surface area contributed by atoms with Crippen molar-refractivity contribution in [1.82, 2.24) is 4.98 Å². The van der Waals surface area contributed by atoms with Gasteiger partial charge in [-0.25, -0.2) is 8.42 Å². The zero-order valence-electron chi connectivity index (χ0n) is 10.4. The zero-order chi connectivity index (χ0) is 13.8. The van der Waals surface area contributed by atoms with E-state index < -0.39 is 21.8 Å². The molecule has 1 heterocycles. The molecule has 3 N–H and O–H groups in total. The van der Waals surface area contributed by atoms with E-state index >= 15 is 0 Å². The predicted octanol–water partition coefficient (Wildman–Crippen LogP) is 0.0905. The number of sulfone groups is 1. The van der Waals surface area contributed by atoms with Gasteiger partial charge in [0.15, 0.2) is 0 Å². The van der Waals surface area contributed by atoms with Crippen molar-refractivity contribution in [2.75, 3.05) is 17.3 Å². The molecule has 0 aliphatic rings. The summed E-state index contributed by atoms with van der Waals surface area (Å²) in [7, 11) is -3.11. The summed E-state index contributed by atoms with van der Waals surface area (Å²) in [6.07, 6.45) is 4.36. The van der Waals surface area contributed by atoms with Gasteiger partial charge in [0.05, 0.1) is 23.7 Å². The molecule has 1 rings (SSSR count). The van der Waals surface area contributed by atoms with Crippen molar-refractivity contribution in [1.29, 1.82) is 0 Å². The molecule has 1 aromatic rings. The largest absolute Gasteiger partial charge is 0.323 e. The van der Waals surface area contributed by atoms with Crippen LogP contribution >= 0.6 is 0 Å².